The van der Waals surface area contributed by atoms with Crippen LogP contribution in [0.1, 0.15) is 71.6 Å². The Bertz CT molecular complexity index is 127. The summed E-state index contributed by atoms with van der Waals surface area (Å²) in [6, 6.07) is 0. The highest BCUT2D eigenvalue weighted by atomic mass is 31.1. The van der Waals surface area contributed by atoms with E-state index >= 15 is 0 Å². The summed E-state index contributed by atoms with van der Waals surface area (Å²) < 4.78 is 0. The maximum Gasteiger partial charge on any atom is -0.0234 e. The first-order valence-corrected chi connectivity index (χ1v) is 7.74. The van der Waals surface area contributed by atoms with Crippen molar-refractivity contribution in [3.63, 3.8) is 0 Å². The van der Waals surface area contributed by atoms with Crippen molar-refractivity contribution in [2.45, 2.75) is 83.0 Å². The molecule has 1 aliphatic rings. The van der Waals surface area contributed by atoms with Gasteiger partial charge < -0.3 is 0 Å². The molecule has 1 fully saturated rings. The summed E-state index contributed by atoms with van der Waals surface area (Å²) in [5, 5.41) is 0. The first kappa shape index (κ1) is 12.5. The maximum atomic E-state index is 2.47. The molecule has 0 aromatic rings. The zero-order valence-electron chi connectivity index (χ0n) is 10.0. The second-order valence-electron chi connectivity index (χ2n) is 4.90. The van der Waals surface area contributed by atoms with Gasteiger partial charge in [0.05, 0.1) is 0 Å². The van der Waals surface area contributed by atoms with Crippen LogP contribution in [0.25, 0.3) is 0 Å². The Labute approximate surface area is 92.0 Å². The molecule has 0 aromatic carbocycles. The molecule has 0 amide bonds. The summed E-state index contributed by atoms with van der Waals surface area (Å²) in [4.78, 5) is 0. The van der Waals surface area contributed by atoms with Gasteiger partial charge in [-0.3, -0.25) is 0 Å². The van der Waals surface area contributed by atoms with Crippen molar-refractivity contribution in [2.24, 2.45) is 0 Å². The molecule has 0 bridgehead atoms. The third-order valence-corrected chi connectivity index (χ3v) is 5.27. The fourth-order valence-corrected chi connectivity index (χ4v) is 4.37. The summed E-state index contributed by atoms with van der Waals surface area (Å²) in [6.45, 7) is 4.77. The van der Waals surface area contributed by atoms with E-state index in [9.17, 15) is 0 Å². The van der Waals surface area contributed by atoms with Gasteiger partial charge in [0, 0.05) is 0 Å². The fourth-order valence-electron chi connectivity index (χ4n) is 2.46. The molecular formula is C13H27P. The van der Waals surface area contributed by atoms with Crippen LogP contribution in [0, 0.1) is 0 Å². The van der Waals surface area contributed by atoms with Crippen LogP contribution in [0.15, 0.2) is 0 Å². The van der Waals surface area contributed by atoms with E-state index in [0.717, 1.165) is 11.3 Å². The molecule has 0 aromatic heterocycles. The smallest absolute Gasteiger partial charge is 0.0234 e. The summed E-state index contributed by atoms with van der Waals surface area (Å²) in [7, 11) is 1.27. The van der Waals surface area contributed by atoms with Crippen molar-refractivity contribution in [3.8, 4) is 0 Å². The van der Waals surface area contributed by atoms with Crippen LogP contribution in [0.5, 0.6) is 0 Å². The second-order valence-corrected chi connectivity index (χ2v) is 7.03. The van der Waals surface area contributed by atoms with E-state index in [-0.39, 0.29) is 0 Å². The first-order valence-electron chi connectivity index (χ1n) is 6.59. The Balaban J connectivity index is 2.03. The van der Waals surface area contributed by atoms with E-state index in [2.05, 4.69) is 13.8 Å². The largest absolute Gasteiger partial charge is 0.116 e. The number of hydrogen-bond acceptors (Lipinski definition) is 0. The predicted molar refractivity (Wildman–Crippen MR) is 68.8 cm³/mol. The maximum absolute atomic E-state index is 2.47. The molecule has 0 aliphatic heterocycles. The van der Waals surface area contributed by atoms with Gasteiger partial charge in [0.2, 0.25) is 0 Å². The standard InChI is InChI=1S/C13H27P/c1-3-4-6-9-12(2)14-13-10-7-5-8-11-13/h12-14H,3-11H2,1-2H3. The van der Waals surface area contributed by atoms with Gasteiger partial charge in [0.15, 0.2) is 0 Å². The van der Waals surface area contributed by atoms with Crippen LogP contribution in [-0.2, 0) is 0 Å². The number of unbranched alkanes of at least 4 members (excludes halogenated alkanes) is 2. The van der Waals surface area contributed by atoms with Crippen LogP contribution in [-0.4, -0.2) is 11.3 Å². The highest BCUT2D eigenvalue weighted by Crippen LogP contribution is 2.37. The predicted octanol–water partition coefficient (Wildman–Crippen LogP) is 4.97. The van der Waals surface area contributed by atoms with Gasteiger partial charge in [-0.1, -0.05) is 52.4 Å². The average Bonchev–Trinajstić information content (AvgIpc) is 2.20. The average molecular weight is 214 g/mol. The van der Waals surface area contributed by atoms with Crippen molar-refractivity contribution in [2.75, 3.05) is 0 Å². The highest BCUT2D eigenvalue weighted by Gasteiger charge is 2.15. The minimum atomic E-state index is 1.02. The van der Waals surface area contributed by atoms with E-state index < -0.39 is 0 Å². The van der Waals surface area contributed by atoms with Crippen LogP contribution >= 0.6 is 8.58 Å². The topological polar surface area (TPSA) is 0 Å². The van der Waals surface area contributed by atoms with E-state index in [1.54, 1.807) is 0 Å². The molecule has 1 saturated carbocycles. The molecule has 84 valence electrons. The molecule has 0 nitrogen and oxygen atoms in total. The Hall–Kier alpha value is 0.430. The molecule has 2 unspecified atom stereocenters. The fraction of sp³-hybridized carbons (Fsp3) is 1.00. The normalized spacial score (nSPS) is 21.9. The van der Waals surface area contributed by atoms with Gasteiger partial charge >= 0.3 is 0 Å². The Morgan fingerprint density at radius 2 is 1.86 bits per heavy atom. The number of rotatable bonds is 6. The van der Waals surface area contributed by atoms with Crippen molar-refractivity contribution < 1.29 is 0 Å². The zero-order chi connectivity index (χ0) is 10.2. The Morgan fingerprint density at radius 3 is 2.50 bits per heavy atom. The van der Waals surface area contributed by atoms with Crippen molar-refractivity contribution in [1.29, 1.82) is 0 Å². The summed E-state index contributed by atoms with van der Waals surface area (Å²) in [5.41, 5.74) is 2.13. The molecule has 0 N–H and O–H groups in total. The molecule has 1 heteroatoms. The highest BCUT2D eigenvalue weighted by molar-refractivity contribution is 7.39. The molecular weight excluding hydrogens is 187 g/mol. The first-order chi connectivity index (χ1) is 6.83. The van der Waals surface area contributed by atoms with E-state index in [0.29, 0.717) is 0 Å². The van der Waals surface area contributed by atoms with Gasteiger partial charge in [-0.2, -0.15) is 0 Å². The third-order valence-electron chi connectivity index (χ3n) is 3.37. The lowest BCUT2D eigenvalue weighted by Gasteiger charge is -2.24. The van der Waals surface area contributed by atoms with Crippen LogP contribution in [0.3, 0.4) is 0 Å². The van der Waals surface area contributed by atoms with E-state index in [4.69, 9.17) is 0 Å². The summed E-state index contributed by atoms with van der Waals surface area (Å²) >= 11 is 0. The van der Waals surface area contributed by atoms with Crippen LogP contribution in [0.4, 0.5) is 0 Å². The molecule has 0 spiro atoms. The van der Waals surface area contributed by atoms with Crippen LogP contribution in [0.2, 0.25) is 0 Å². The van der Waals surface area contributed by atoms with Crippen molar-refractivity contribution in [3.05, 3.63) is 0 Å². The Kier molecular flexibility index (Phi) is 6.86. The molecule has 1 aliphatic carbocycles. The van der Waals surface area contributed by atoms with E-state index in [1.165, 1.54) is 66.4 Å². The van der Waals surface area contributed by atoms with Crippen LogP contribution < -0.4 is 0 Å². The Morgan fingerprint density at radius 1 is 1.14 bits per heavy atom. The van der Waals surface area contributed by atoms with Crippen molar-refractivity contribution in [1.82, 2.24) is 0 Å². The number of hydrogen-bond donors (Lipinski definition) is 0. The minimum absolute atomic E-state index is 1.02. The van der Waals surface area contributed by atoms with Crippen molar-refractivity contribution >= 4 is 8.58 Å². The molecule has 14 heavy (non-hydrogen) atoms. The quantitative estimate of drug-likeness (QED) is 0.432. The molecule has 0 radical (unpaired) electrons. The van der Waals surface area contributed by atoms with Gasteiger partial charge in [-0.05, 0) is 30.6 Å². The SMILES string of the molecule is CCCCCC(C)PC1CCCCC1. The lowest BCUT2D eigenvalue weighted by atomic mass is 10.0. The van der Waals surface area contributed by atoms with Gasteiger partial charge in [0.1, 0.15) is 0 Å². The van der Waals surface area contributed by atoms with Gasteiger partial charge in [-0.15, -0.1) is 8.58 Å². The monoisotopic (exact) mass is 214 g/mol. The molecule has 0 saturated heterocycles. The summed E-state index contributed by atoms with van der Waals surface area (Å²) in [6.07, 6.45) is 13.4. The molecule has 2 atom stereocenters. The summed E-state index contributed by atoms with van der Waals surface area (Å²) in [5.74, 6) is 0. The van der Waals surface area contributed by atoms with E-state index in [1.807, 2.05) is 0 Å². The second kappa shape index (κ2) is 7.69. The lowest BCUT2D eigenvalue weighted by Crippen LogP contribution is -2.10. The van der Waals surface area contributed by atoms with Gasteiger partial charge in [-0.25, -0.2) is 0 Å². The van der Waals surface area contributed by atoms with Gasteiger partial charge in [0.25, 0.3) is 0 Å². The minimum Gasteiger partial charge on any atom is -0.116 e. The third kappa shape index (κ3) is 5.35. The zero-order valence-corrected chi connectivity index (χ0v) is 11.0. The molecule has 1 rings (SSSR count). The lowest BCUT2D eigenvalue weighted by molar-refractivity contribution is 0.510. The molecule has 0 heterocycles.